The first kappa shape index (κ1) is 24.4. The summed E-state index contributed by atoms with van der Waals surface area (Å²) in [5.74, 6) is -0.444. The second-order valence-electron chi connectivity index (χ2n) is 11.2. The number of ether oxygens (including phenoxy) is 1. The highest BCUT2D eigenvalue weighted by molar-refractivity contribution is 5.95. The van der Waals surface area contributed by atoms with Crippen molar-refractivity contribution in [1.82, 2.24) is 5.32 Å². The van der Waals surface area contributed by atoms with E-state index < -0.39 is 35.2 Å². The van der Waals surface area contributed by atoms with E-state index >= 15 is 0 Å². The smallest absolute Gasteiger partial charge is 0.407 e. The van der Waals surface area contributed by atoms with Crippen LogP contribution in [0.4, 0.5) is 4.79 Å². The van der Waals surface area contributed by atoms with Gasteiger partial charge in [-0.15, -0.1) is 0 Å². The molecule has 0 unspecified atom stereocenters. The highest BCUT2D eigenvalue weighted by atomic mass is 16.5. The van der Waals surface area contributed by atoms with E-state index in [1.54, 1.807) is 19.1 Å². The van der Waals surface area contributed by atoms with Gasteiger partial charge in [-0.05, 0) is 54.1 Å². The molecule has 4 rings (SSSR count). The summed E-state index contributed by atoms with van der Waals surface area (Å²) in [5.41, 5.74) is -2.72. The minimum absolute atomic E-state index is 0.0290. The van der Waals surface area contributed by atoms with Gasteiger partial charge in [0.2, 0.25) is 0 Å². The third-order valence-electron chi connectivity index (χ3n) is 9.21. The molecule has 7 nitrogen and oxygen atoms in total. The molecular formula is C26H39NO6. The third-order valence-corrected chi connectivity index (χ3v) is 9.21. The molecule has 2 saturated carbocycles. The van der Waals surface area contributed by atoms with Gasteiger partial charge < -0.3 is 25.4 Å². The Kier molecular flexibility index (Phi) is 6.07. The van der Waals surface area contributed by atoms with Gasteiger partial charge in [-0.1, -0.05) is 52.7 Å². The van der Waals surface area contributed by atoms with Crippen molar-refractivity contribution < 1.29 is 29.6 Å². The average molecular weight is 462 g/mol. The zero-order valence-corrected chi connectivity index (χ0v) is 20.4. The minimum atomic E-state index is -2.10. The van der Waals surface area contributed by atoms with Crippen LogP contribution in [-0.2, 0) is 9.53 Å². The highest BCUT2D eigenvalue weighted by Crippen LogP contribution is 2.72. The maximum atomic E-state index is 14.3. The molecule has 2 fully saturated rings. The van der Waals surface area contributed by atoms with Crippen LogP contribution >= 0.6 is 0 Å². The Balaban J connectivity index is 1.75. The van der Waals surface area contributed by atoms with Crippen LogP contribution in [0.1, 0.15) is 60.3 Å². The summed E-state index contributed by atoms with van der Waals surface area (Å²) < 4.78 is 5.38. The lowest BCUT2D eigenvalue weighted by Gasteiger charge is -2.49. The molecule has 2 bridgehead atoms. The first-order valence-corrected chi connectivity index (χ1v) is 12.4. The Morgan fingerprint density at radius 1 is 1.24 bits per heavy atom. The van der Waals surface area contributed by atoms with Crippen molar-refractivity contribution >= 4 is 11.9 Å². The van der Waals surface area contributed by atoms with Crippen LogP contribution in [0.25, 0.3) is 0 Å². The van der Waals surface area contributed by atoms with E-state index in [1.165, 1.54) is 0 Å². The van der Waals surface area contributed by atoms with Gasteiger partial charge in [0.15, 0.2) is 5.78 Å². The third kappa shape index (κ3) is 3.26. The van der Waals surface area contributed by atoms with Gasteiger partial charge in [-0.3, -0.25) is 4.79 Å². The summed E-state index contributed by atoms with van der Waals surface area (Å²) in [4.78, 5) is 26.4. The number of Topliss-reactive ketones (excluding diaryl/α,β-unsaturated/α-hetero) is 1. The number of aliphatic hydroxyl groups is 3. The van der Waals surface area contributed by atoms with E-state index in [1.807, 2.05) is 13.8 Å². The van der Waals surface area contributed by atoms with Crippen LogP contribution in [0.15, 0.2) is 23.3 Å². The molecule has 0 aromatic heterocycles. The quantitative estimate of drug-likeness (QED) is 0.357. The fraction of sp³-hybridized carbons (Fsp3) is 0.769. The summed E-state index contributed by atoms with van der Waals surface area (Å²) >= 11 is 0. The highest BCUT2D eigenvalue weighted by Gasteiger charge is 2.76. The molecule has 8 atom stereocenters. The predicted molar refractivity (Wildman–Crippen MR) is 123 cm³/mol. The molecule has 0 aromatic carbocycles. The molecule has 1 spiro atoms. The van der Waals surface area contributed by atoms with E-state index in [-0.39, 0.29) is 35.2 Å². The van der Waals surface area contributed by atoms with Crippen LogP contribution in [0.2, 0.25) is 0 Å². The summed E-state index contributed by atoms with van der Waals surface area (Å²) in [6.45, 7) is 10.3. The van der Waals surface area contributed by atoms with Crippen molar-refractivity contribution in [3.8, 4) is 0 Å². The molecule has 0 radical (unpaired) electrons. The Morgan fingerprint density at radius 2 is 1.94 bits per heavy atom. The number of allylic oxidation sites excluding steroid dienone is 1. The molecule has 1 amide bonds. The van der Waals surface area contributed by atoms with Crippen molar-refractivity contribution in [3.05, 3.63) is 23.3 Å². The van der Waals surface area contributed by atoms with Crippen LogP contribution in [0.5, 0.6) is 0 Å². The molecule has 0 heterocycles. The van der Waals surface area contributed by atoms with Crippen molar-refractivity contribution in [2.75, 3.05) is 13.2 Å². The first-order valence-electron chi connectivity index (χ1n) is 12.4. The van der Waals surface area contributed by atoms with Gasteiger partial charge in [0.05, 0.1) is 5.41 Å². The summed E-state index contributed by atoms with van der Waals surface area (Å²) in [7, 11) is 0. The second kappa shape index (κ2) is 8.21. The van der Waals surface area contributed by atoms with Crippen molar-refractivity contribution in [3.63, 3.8) is 0 Å². The van der Waals surface area contributed by atoms with E-state index in [0.29, 0.717) is 24.5 Å². The largest absolute Gasteiger partial charge is 0.445 e. The van der Waals surface area contributed by atoms with Gasteiger partial charge >= 0.3 is 6.09 Å². The van der Waals surface area contributed by atoms with Crippen molar-refractivity contribution in [2.45, 2.75) is 78.1 Å². The predicted octanol–water partition coefficient (Wildman–Crippen LogP) is 2.74. The number of aliphatic hydroxyl groups excluding tert-OH is 2. The molecule has 7 heteroatoms. The van der Waals surface area contributed by atoms with Gasteiger partial charge in [-0.25, -0.2) is 4.79 Å². The second-order valence-corrected chi connectivity index (χ2v) is 11.2. The maximum Gasteiger partial charge on any atom is 0.407 e. The Hall–Kier alpha value is -1.70. The monoisotopic (exact) mass is 461 g/mol. The molecule has 0 saturated heterocycles. The van der Waals surface area contributed by atoms with E-state index in [0.717, 1.165) is 19.3 Å². The van der Waals surface area contributed by atoms with Crippen LogP contribution in [0, 0.1) is 34.5 Å². The number of hydrogen-bond acceptors (Lipinski definition) is 6. The van der Waals surface area contributed by atoms with Crippen molar-refractivity contribution in [2.24, 2.45) is 34.5 Å². The number of alkyl carbamates (subject to hydrolysis) is 1. The first-order chi connectivity index (χ1) is 15.5. The number of carbonyl (C=O) groups excluding carboxylic acids is 2. The number of rotatable bonds is 6. The van der Waals surface area contributed by atoms with Gasteiger partial charge in [0.1, 0.15) is 24.4 Å². The fourth-order valence-electron chi connectivity index (χ4n) is 7.27. The van der Waals surface area contributed by atoms with Gasteiger partial charge in [0, 0.05) is 12.5 Å². The number of carbonyl (C=O) groups is 2. The summed E-state index contributed by atoms with van der Waals surface area (Å²) in [6.07, 6.45) is 3.11. The number of unbranched alkanes of at least 4 members (excludes halogenated alkanes) is 1. The Morgan fingerprint density at radius 3 is 2.58 bits per heavy atom. The Bertz CT molecular complexity index is 893. The van der Waals surface area contributed by atoms with Crippen molar-refractivity contribution in [1.29, 1.82) is 0 Å². The molecule has 4 aliphatic rings. The number of hydrogen-bond donors (Lipinski definition) is 4. The number of fused-ring (bicyclic) bond motifs is 3. The number of nitrogens with one attached hydrogen (secondary N) is 1. The fourth-order valence-corrected chi connectivity index (χ4v) is 7.27. The van der Waals surface area contributed by atoms with Gasteiger partial charge in [-0.2, -0.15) is 0 Å². The molecule has 184 valence electrons. The van der Waals surface area contributed by atoms with E-state index in [4.69, 9.17) is 4.74 Å². The average Bonchev–Trinajstić information content (AvgIpc) is 3.29. The summed E-state index contributed by atoms with van der Waals surface area (Å²) in [5, 5.41) is 37.4. The normalized spacial score (nSPS) is 42.8. The molecule has 0 aromatic rings. The Labute approximate surface area is 196 Å². The molecule has 33 heavy (non-hydrogen) atoms. The lowest BCUT2D eigenvalue weighted by molar-refractivity contribution is -0.191. The number of amides is 1. The van der Waals surface area contributed by atoms with Crippen LogP contribution in [0.3, 0.4) is 0 Å². The van der Waals surface area contributed by atoms with Crippen LogP contribution in [-0.4, -0.2) is 58.2 Å². The topological polar surface area (TPSA) is 116 Å². The van der Waals surface area contributed by atoms with E-state index in [9.17, 15) is 24.9 Å². The molecule has 4 aliphatic carbocycles. The zero-order valence-electron chi connectivity index (χ0n) is 20.4. The zero-order chi connectivity index (χ0) is 24.3. The maximum absolute atomic E-state index is 14.3. The van der Waals surface area contributed by atoms with Gasteiger partial charge in [0.25, 0.3) is 0 Å². The standard InChI is InChI=1S/C26H39NO6/c1-6-8-9-27-23(31)33-13-15-10-17-19-18(24(19,4)5)11-16(7-2)25(22(17)30)12-14(3)20(28)26(25,32)21(15)29/h10,12,16-21,28-29,32H,6-9,11,13H2,1-5H3,(H,27,31)/t16-,17+,18-,19+,20+,21-,25+,26-/m1/s1. The molecular weight excluding hydrogens is 422 g/mol. The lowest BCUT2D eigenvalue weighted by Crippen LogP contribution is -2.65. The summed E-state index contributed by atoms with van der Waals surface area (Å²) in [6, 6.07) is 0. The molecule has 4 N–H and O–H groups in total. The SMILES string of the molecule is CCCCNC(=O)OCC1=C[C@@H]2C(=O)[C@]3(C=C(C)[C@H](O)[C@@]3(O)[C@@H]1O)[C@H](CC)C[C@@H]1[C@H]2C1(C)C. The molecule has 0 aliphatic heterocycles. The number of ketones is 1. The lowest BCUT2D eigenvalue weighted by atomic mass is 9.58. The van der Waals surface area contributed by atoms with E-state index in [2.05, 4.69) is 19.2 Å². The van der Waals surface area contributed by atoms with Crippen LogP contribution < -0.4 is 5.32 Å². The minimum Gasteiger partial charge on any atom is -0.445 e.